The van der Waals surface area contributed by atoms with Crippen LogP contribution in [0.4, 0.5) is 0 Å². The molecule has 1 saturated carbocycles. The Labute approximate surface area is 132 Å². The quantitative estimate of drug-likeness (QED) is 0.663. The van der Waals surface area contributed by atoms with Crippen LogP contribution < -0.4 is 10.6 Å². The van der Waals surface area contributed by atoms with E-state index >= 15 is 0 Å². The summed E-state index contributed by atoms with van der Waals surface area (Å²) in [4.78, 5) is 4.36. The van der Waals surface area contributed by atoms with Gasteiger partial charge in [0.25, 0.3) is 0 Å². The fourth-order valence-electron chi connectivity index (χ4n) is 3.09. The Hall–Kier alpha value is -1.16. The van der Waals surface area contributed by atoms with Crippen LogP contribution in [0.2, 0.25) is 0 Å². The molecule has 2 N–H and O–H groups in total. The number of aliphatic imine (C=N–C) groups is 1. The van der Waals surface area contributed by atoms with Crippen LogP contribution in [0.15, 0.2) is 29.3 Å². The van der Waals surface area contributed by atoms with Gasteiger partial charge in [0.1, 0.15) is 0 Å². The molecule has 1 aromatic carbocycles. The second kappa shape index (κ2) is 6.73. The average Bonchev–Trinajstić information content (AvgIpc) is 3.05. The minimum absolute atomic E-state index is 0.536. The highest BCUT2D eigenvalue weighted by molar-refractivity contribution is 8.00. The minimum atomic E-state index is 0.536. The highest BCUT2D eigenvalue weighted by Crippen LogP contribution is 2.42. The molecule has 3 rings (SSSR count). The molecule has 0 bridgehead atoms. The Morgan fingerprint density at radius 2 is 2.24 bits per heavy atom. The van der Waals surface area contributed by atoms with Crippen LogP contribution >= 0.6 is 11.8 Å². The Morgan fingerprint density at radius 1 is 1.38 bits per heavy atom. The first-order valence-electron chi connectivity index (χ1n) is 7.92. The third kappa shape index (κ3) is 3.73. The third-order valence-electron chi connectivity index (χ3n) is 4.45. The van der Waals surface area contributed by atoms with Crippen LogP contribution in [-0.4, -0.2) is 36.6 Å². The van der Waals surface area contributed by atoms with Gasteiger partial charge in [-0.3, -0.25) is 4.99 Å². The summed E-state index contributed by atoms with van der Waals surface area (Å²) in [7, 11) is 1.86. The van der Waals surface area contributed by atoms with Crippen molar-refractivity contribution in [3.8, 4) is 0 Å². The lowest BCUT2D eigenvalue weighted by Crippen LogP contribution is -2.41. The lowest BCUT2D eigenvalue weighted by Gasteiger charge is -2.15. The maximum atomic E-state index is 4.36. The van der Waals surface area contributed by atoms with Gasteiger partial charge in [0.05, 0.1) is 0 Å². The molecule has 3 nitrogen and oxygen atoms in total. The molecule has 1 heterocycles. The predicted molar refractivity (Wildman–Crippen MR) is 92.3 cm³/mol. The smallest absolute Gasteiger partial charge is 0.191 e. The van der Waals surface area contributed by atoms with Gasteiger partial charge in [-0.05, 0) is 43.1 Å². The van der Waals surface area contributed by atoms with Gasteiger partial charge >= 0.3 is 0 Å². The van der Waals surface area contributed by atoms with E-state index in [1.54, 1.807) is 0 Å². The predicted octanol–water partition coefficient (Wildman–Crippen LogP) is 2.91. The monoisotopic (exact) mass is 303 g/mol. The summed E-state index contributed by atoms with van der Waals surface area (Å²) in [6.45, 7) is 3.24. The molecule has 3 unspecified atom stereocenters. The maximum Gasteiger partial charge on any atom is 0.191 e. The van der Waals surface area contributed by atoms with Gasteiger partial charge in [-0.1, -0.05) is 24.3 Å². The standard InChI is InChI=1S/C17H25N3S/c1-12-6-3-4-8-14(12)15-10-16(15)20-17(18-2)19-11-13-7-5-9-21-13/h3-4,6,8,13,15-16H,5,7,9-11H2,1-2H3,(H2,18,19,20). The number of nitrogens with zero attached hydrogens (tertiary/aromatic N) is 1. The first-order valence-corrected chi connectivity index (χ1v) is 8.97. The fraction of sp³-hybridized carbons (Fsp3) is 0.588. The lowest BCUT2D eigenvalue weighted by molar-refractivity contribution is 0.722. The van der Waals surface area contributed by atoms with Crippen molar-refractivity contribution in [1.29, 1.82) is 0 Å². The summed E-state index contributed by atoms with van der Waals surface area (Å²) in [5, 5.41) is 7.82. The van der Waals surface area contributed by atoms with Crippen LogP contribution in [0.1, 0.15) is 36.3 Å². The molecule has 4 heteroatoms. The van der Waals surface area contributed by atoms with Crippen molar-refractivity contribution in [3.63, 3.8) is 0 Å². The summed E-state index contributed by atoms with van der Waals surface area (Å²) in [5.41, 5.74) is 2.88. The number of hydrogen-bond donors (Lipinski definition) is 2. The molecule has 3 atom stereocenters. The topological polar surface area (TPSA) is 36.4 Å². The van der Waals surface area contributed by atoms with E-state index in [1.165, 1.54) is 36.1 Å². The molecule has 1 aliphatic carbocycles. The van der Waals surface area contributed by atoms with Crippen molar-refractivity contribution in [2.24, 2.45) is 4.99 Å². The number of nitrogens with one attached hydrogen (secondary N) is 2. The van der Waals surface area contributed by atoms with Crippen LogP contribution in [0.3, 0.4) is 0 Å². The van der Waals surface area contributed by atoms with Gasteiger partial charge in [-0.25, -0.2) is 0 Å². The van der Waals surface area contributed by atoms with E-state index in [0.29, 0.717) is 12.0 Å². The Morgan fingerprint density at radius 3 is 2.95 bits per heavy atom. The maximum absolute atomic E-state index is 4.36. The summed E-state index contributed by atoms with van der Waals surface area (Å²) < 4.78 is 0. The van der Waals surface area contributed by atoms with Crippen molar-refractivity contribution in [3.05, 3.63) is 35.4 Å². The van der Waals surface area contributed by atoms with Gasteiger partial charge in [-0.2, -0.15) is 11.8 Å². The highest BCUT2D eigenvalue weighted by Gasteiger charge is 2.39. The van der Waals surface area contributed by atoms with Crippen molar-refractivity contribution in [2.75, 3.05) is 19.3 Å². The Kier molecular flexibility index (Phi) is 4.73. The molecule has 114 valence electrons. The molecule has 1 saturated heterocycles. The van der Waals surface area contributed by atoms with E-state index in [0.717, 1.165) is 17.8 Å². The zero-order valence-corrected chi connectivity index (χ0v) is 13.7. The van der Waals surface area contributed by atoms with Crippen molar-refractivity contribution in [1.82, 2.24) is 10.6 Å². The number of thioether (sulfide) groups is 1. The van der Waals surface area contributed by atoms with E-state index < -0.39 is 0 Å². The van der Waals surface area contributed by atoms with Crippen molar-refractivity contribution in [2.45, 2.75) is 43.4 Å². The number of benzene rings is 1. The second-order valence-electron chi connectivity index (χ2n) is 6.04. The van der Waals surface area contributed by atoms with E-state index in [1.807, 2.05) is 7.05 Å². The van der Waals surface area contributed by atoms with Gasteiger partial charge in [0, 0.05) is 30.8 Å². The van der Waals surface area contributed by atoms with Crippen molar-refractivity contribution < 1.29 is 0 Å². The second-order valence-corrected chi connectivity index (χ2v) is 7.45. The molecule has 0 spiro atoms. The molecule has 0 amide bonds. The Bertz CT molecular complexity index is 509. The van der Waals surface area contributed by atoms with E-state index in [2.05, 4.69) is 58.6 Å². The molecule has 2 fully saturated rings. The van der Waals surface area contributed by atoms with Crippen LogP contribution in [0.25, 0.3) is 0 Å². The molecule has 2 aliphatic rings. The third-order valence-corrected chi connectivity index (χ3v) is 5.84. The van der Waals surface area contributed by atoms with Gasteiger partial charge in [-0.15, -0.1) is 0 Å². The summed E-state index contributed by atoms with van der Waals surface area (Å²) in [6.07, 6.45) is 3.91. The Balaban J connectivity index is 1.49. The molecular formula is C17H25N3S. The van der Waals surface area contributed by atoms with Gasteiger partial charge < -0.3 is 10.6 Å². The first-order chi connectivity index (χ1) is 10.3. The number of rotatable bonds is 4. The molecular weight excluding hydrogens is 278 g/mol. The van der Waals surface area contributed by atoms with Crippen LogP contribution in [0, 0.1) is 6.92 Å². The normalized spacial score (nSPS) is 28.5. The molecule has 1 aromatic rings. The molecule has 0 aromatic heterocycles. The summed E-state index contributed by atoms with van der Waals surface area (Å²) in [6, 6.07) is 9.25. The number of aryl methyl sites for hydroxylation is 1. The lowest BCUT2D eigenvalue weighted by atomic mass is 10.0. The summed E-state index contributed by atoms with van der Waals surface area (Å²) >= 11 is 2.08. The number of hydrogen-bond acceptors (Lipinski definition) is 2. The van der Waals surface area contributed by atoms with Gasteiger partial charge in [0.15, 0.2) is 5.96 Å². The first kappa shape index (κ1) is 14.8. The zero-order chi connectivity index (χ0) is 14.7. The van der Waals surface area contributed by atoms with E-state index in [9.17, 15) is 0 Å². The average molecular weight is 303 g/mol. The largest absolute Gasteiger partial charge is 0.355 e. The zero-order valence-electron chi connectivity index (χ0n) is 12.9. The van der Waals surface area contributed by atoms with Crippen LogP contribution in [-0.2, 0) is 0 Å². The highest BCUT2D eigenvalue weighted by atomic mass is 32.2. The number of guanidine groups is 1. The van der Waals surface area contributed by atoms with Gasteiger partial charge in [0.2, 0.25) is 0 Å². The SMILES string of the molecule is CN=C(NCC1CCCS1)NC1CC1c1ccccc1C. The fourth-order valence-corrected chi connectivity index (χ4v) is 4.29. The molecule has 0 radical (unpaired) electrons. The van der Waals surface area contributed by atoms with Crippen LogP contribution in [0.5, 0.6) is 0 Å². The van der Waals surface area contributed by atoms with E-state index in [-0.39, 0.29) is 0 Å². The minimum Gasteiger partial charge on any atom is -0.355 e. The molecule has 21 heavy (non-hydrogen) atoms. The molecule has 1 aliphatic heterocycles. The summed E-state index contributed by atoms with van der Waals surface area (Å²) in [5.74, 6) is 2.92. The van der Waals surface area contributed by atoms with Crippen molar-refractivity contribution >= 4 is 17.7 Å². The van der Waals surface area contributed by atoms with E-state index in [4.69, 9.17) is 0 Å².